The fourth-order valence-electron chi connectivity index (χ4n) is 11.2. The zero-order chi connectivity index (χ0) is 55.0. The fourth-order valence-corrected chi connectivity index (χ4v) is 11.2. The molecule has 452 valence electrons. The molecule has 2 unspecified atom stereocenters. The number of ether oxygens (including phenoxy) is 1. The summed E-state index contributed by atoms with van der Waals surface area (Å²) < 4.78 is 5.51. The third-order valence-corrected chi connectivity index (χ3v) is 16.6. The van der Waals surface area contributed by atoms with Crippen molar-refractivity contribution in [2.24, 2.45) is 0 Å². The van der Waals surface area contributed by atoms with Gasteiger partial charge in [-0.1, -0.05) is 347 Å². The van der Waals surface area contributed by atoms with Gasteiger partial charge in [0.05, 0.1) is 25.4 Å². The molecule has 0 aliphatic rings. The van der Waals surface area contributed by atoms with Crippen LogP contribution >= 0.6 is 0 Å². The van der Waals surface area contributed by atoms with Crippen LogP contribution in [0.1, 0.15) is 399 Å². The maximum Gasteiger partial charge on any atom is 0.305 e. The van der Waals surface area contributed by atoms with Crippen LogP contribution in [-0.4, -0.2) is 47.4 Å². The van der Waals surface area contributed by atoms with Crippen molar-refractivity contribution in [1.82, 2.24) is 5.32 Å². The second-order valence-electron chi connectivity index (χ2n) is 24.2. The van der Waals surface area contributed by atoms with Crippen molar-refractivity contribution >= 4 is 11.9 Å². The highest BCUT2D eigenvalue weighted by Crippen LogP contribution is 2.19. The van der Waals surface area contributed by atoms with Gasteiger partial charge in [-0.05, 0) is 51.4 Å². The van der Waals surface area contributed by atoms with E-state index in [9.17, 15) is 19.8 Å². The lowest BCUT2D eigenvalue weighted by atomic mass is 10.0. The SMILES string of the molecule is CCCCCCCC/C=C\CCCCCCCCCCCC(=O)OCCCCCCCCCCCCCCCCCCCCCC(=O)NC(CO)C(O)CCCCCCCCCCCCCCCCCCCCCCC. The second-order valence-corrected chi connectivity index (χ2v) is 24.2. The van der Waals surface area contributed by atoms with E-state index < -0.39 is 12.1 Å². The van der Waals surface area contributed by atoms with E-state index in [0.717, 1.165) is 44.9 Å². The van der Waals surface area contributed by atoms with Crippen LogP contribution in [0.4, 0.5) is 0 Å². The topological polar surface area (TPSA) is 95.9 Å². The Bertz CT molecular complexity index is 1140. The Morgan fingerprint density at radius 2 is 0.618 bits per heavy atom. The highest BCUT2D eigenvalue weighted by molar-refractivity contribution is 5.76. The summed E-state index contributed by atoms with van der Waals surface area (Å²) in [4.78, 5) is 24.7. The highest BCUT2D eigenvalue weighted by Gasteiger charge is 2.20. The number of hydrogen-bond acceptors (Lipinski definition) is 5. The van der Waals surface area contributed by atoms with Crippen LogP contribution in [-0.2, 0) is 14.3 Å². The van der Waals surface area contributed by atoms with Crippen molar-refractivity contribution in [3.8, 4) is 0 Å². The van der Waals surface area contributed by atoms with Gasteiger partial charge >= 0.3 is 5.97 Å². The molecule has 0 saturated carbocycles. The predicted octanol–water partition coefficient (Wildman–Crippen LogP) is 22.4. The summed E-state index contributed by atoms with van der Waals surface area (Å²) in [7, 11) is 0. The Morgan fingerprint density at radius 1 is 0.355 bits per heavy atom. The van der Waals surface area contributed by atoms with E-state index in [1.165, 1.54) is 321 Å². The summed E-state index contributed by atoms with van der Waals surface area (Å²) in [5.74, 6) is -0.0229. The van der Waals surface area contributed by atoms with Gasteiger partial charge < -0.3 is 20.3 Å². The summed E-state index contributed by atoms with van der Waals surface area (Å²) in [6.07, 6.45) is 81.0. The van der Waals surface area contributed by atoms with Gasteiger partial charge in [0.15, 0.2) is 0 Å². The van der Waals surface area contributed by atoms with Crippen LogP contribution in [0.15, 0.2) is 12.2 Å². The first-order chi connectivity index (χ1) is 37.5. The normalized spacial score (nSPS) is 12.5. The number of aliphatic hydroxyl groups is 2. The molecule has 0 aliphatic carbocycles. The number of unbranched alkanes of at least 4 members (excludes halogenated alkanes) is 53. The molecule has 0 rings (SSSR count). The molecular formula is C70H137NO5. The van der Waals surface area contributed by atoms with Crippen molar-refractivity contribution in [1.29, 1.82) is 0 Å². The van der Waals surface area contributed by atoms with E-state index >= 15 is 0 Å². The van der Waals surface area contributed by atoms with Gasteiger partial charge in [0.25, 0.3) is 0 Å². The standard InChI is InChI=1S/C70H137NO5/c1-3-5-7-9-11-13-15-17-19-21-23-24-27-30-34-38-42-46-50-54-58-62-68(73)67(66-72)71-69(74)63-59-55-51-47-43-39-35-31-28-25-29-33-37-41-45-49-53-57-61-65-76-70(75)64-60-56-52-48-44-40-36-32-26-22-20-18-16-14-12-10-8-6-4-2/h18,20,67-68,72-73H,3-17,19,21-66H2,1-2H3,(H,71,74)/b20-18-. The van der Waals surface area contributed by atoms with Crippen molar-refractivity contribution in [3.05, 3.63) is 12.2 Å². The maximum atomic E-state index is 12.5. The Hall–Kier alpha value is -1.40. The van der Waals surface area contributed by atoms with Gasteiger partial charge in [-0.25, -0.2) is 0 Å². The van der Waals surface area contributed by atoms with E-state index in [1.807, 2.05) is 0 Å². The molecule has 0 saturated heterocycles. The van der Waals surface area contributed by atoms with E-state index in [0.29, 0.717) is 25.9 Å². The fraction of sp³-hybridized carbons (Fsp3) is 0.943. The summed E-state index contributed by atoms with van der Waals surface area (Å²) in [5.41, 5.74) is 0. The molecule has 6 heteroatoms. The molecule has 0 aromatic rings. The minimum absolute atomic E-state index is 0.0101. The molecule has 3 N–H and O–H groups in total. The number of rotatable bonds is 66. The molecule has 0 aromatic carbocycles. The number of aliphatic hydroxyl groups excluding tert-OH is 2. The predicted molar refractivity (Wildman–Crippen MR) is 333 cm³/mol. The van der Waals surface area contributed by atoms with Gasteiger partial charge in [-0.15, -0.1) is 0 Å². The molecule has 76 heavy (non-hydrogen) atoms. The molecule has 1 amide bonds. The minimum Gasteiger partial charge on any atom is -0.466 e. The highest BCUT2D eigenvalue weighted by atomic mass is 16.5. The largest absolute Gasteiger partial charge is 0.466 e. The van der Waals surface area contributed by atoms with Crippen LogP contribution in [0.5, 0.6) is 0 Å². The van der Waals surface area contributed by atoms with Crippen molar-refractivity contribution < 1.29 is 24.5 Å². The number of carbonyl (C=O) groups is 2. The molecule has 0 heterocycles. The third-order valence-electron chi connectivity index (χ3n) is 16.6. The van der Waals surface area contributed by atoms with Crippen molar-refractivity contribution in [3.63, 3.8) is 0 Å². The van der Waals surface area contributed by atoms with E-state index in [2.05, 4.69) is 31.3 Å². The molecule has 0 radical (unpaired) electrons. The second kappa shape index (κ2) is 66.1. The molecule has 6 nitrogen and oxygen atoms in total. The van der Waals surface area contributed by atoms with Gasteiger partial charge in [-0.2, -0.15) is 0 Å². The zero-order valence-corrected chi connectivity index (χ0v) is 51.8. The van der Waals surface area contributed by atoms with Crippen molar-refractivity contribution in [2.45, 2.75) is 411 Å². The average Bonchev–Trinajstić information content (AvgIpc) is 3.42. The van der Waals surface area contributed by atoms with Crippen LogP contribution < -0.4 is 5.32 Å². The molecule has 0 aliphatic heterocycles. The van der Waals surface area contributed by atoms with Crippen LogP contribution in [0.25, 0.3) is 0 Å². The third kappa shape index (κ3) is 61.8. The quantitative estimate of drug-likeness (QED) is 0.0320. The van der Waals surface area contributed by atoms with Crippen molar-refractivity contribution in [2.75, 3.05) is 13.2 Å². The lowest BCUT2D eigenvalue weighted by Gasteiger charge is -2.22. The molecular weight excluding hydrogens is 935 g/mol. The average molecular weight is 1070 g/mol. The zero-order valence-electron chi connectivity index (χ0n) is 51.8. The van der Waals surface area contributed by atoms with E-state index in [1.54, 1.807) is 0 Å². The number of nitrogens with one attached hydrogen (secondary N) is 1. The minimum atomic E-state index is -0.667. The molecule has 0 spiro atoms. The van der Waals surface area contributed by atoms with Crippen LogP contribution in [0.2, 0.25) is 0 Å². The Kier molecular flexibility index (Phi) is 64.9. The molecule has 0 fully saturated rings. The van der Waals surface area contributed by atoms with Gasteiger partial charge in [-0.3, -0.25) is 9.59 Å². The van der Waals surface area contributed by atoms with Gasteiger partial charge in [0, 0.05) is 12.8 Å². The molecule has 0 bridgehead atoms. The first-order valence-corrected chi connectivity index (χ1v) is 34.9. The first-order valence-electron chi connectivity index (χ1n) is 34.9. The Balaban J connectivity index is 3.38. The molecule has 0 aromatic heterocycles. The first kappa shape index (κ1) is 74.6. The van der Waals surface area contributed by atoms with E-state index in [-0.39, 0.29) is 18.5 Å². The lowest BCUT2D eigenvalue weighted by molar-refractivity contribution is -0.143. The Labute approximate surface area is 476 Å². The molecule has 2 atom stereocenters. The number of carbonyl (C=O) groups excluding carboxylic acids is 2. The number of allylic oxidation sites excluding steroid dienone is 2. The number of hydrogen-bond donors (Lipinski definition) is 3. The smallest absolute Gasteiger partial charge is 0.305 e. The monoisotopic (exact) mass is 1070 g/mol. The maximum absolute atomic E-state index is 12.5. The summed E-state index contributed by atoms with van der Waals surface area (Å²) in [6.45, 7) is 4.99. The number of amides is 1. The summed E-state index contributed by atoms with van der Waals surface area (Å²) in [6, 6.07) is -0.544. The van der Waals surface area contributed by atoms with Gasteiger partial charge in [0.1, 0.15) is 0 Å². The lowest BCUT2D eigenvalue weighted by Crippen LogP contribution is -2.45. The Morgan fingerprint density at radius 3 is 0.934 bits per heavy atom. The summed E-state index contributed by atoms with van der Waals surface area (Å²) >= 11 is 0. The van der Waals surface area contributed by atoms with Crippen LogP contribution in [0.3, 0.4) is 0 Å². The van der Waals surface area contributed by atoms with E-state index in [4.69, 9.17) is 4.74 Å². The summed E-state index contributed by atoms with van der Waals surface area (Å²) in [5, 5.41) is 23.4. The van der Waals surface area contributed by atoms with Crippen LogP contribution in [0, 0.1) is 0 Å². The number of esters is 1. The van der Waals surface area contributed by atoms with Gasteiger partial charge in [0.2, 0.25) is 5.91 Å².